The van der Waals surface area contributed by atoms with Gasteiger partial charge < -0.3 is 9.84 Å². The van der Waals surface area contributed by atoms with Gasteiger partial charge in [0.1, 0.15) is 0 Å². The zero-order chi connectivity index (χ0) is 11.5. The van der Waals surface area contributed by atoms with E-state index in [4.69, 9.17) is 9.29 Å². The first kappa shape index (κ1) is 12.1. The number of hydrogen-bond donors (Lipinski definition) is 2. The van der Waals surface area contributed by atoms with Crippen LogP contribution in [0.25, 0.3) is 0 Å². The van der Waals surface area contributed by atoms with Crippen LogP contribution >= 0.6 is 0 Å². The van der Waals surface area contributed by atoms with Gasteiger partial charge >= 0.3 is 0 Å². The normalized spacial score (nSPS) is 13.8. The molecule has 84 valence electrons. The number of methoxy groups -OCH3 is 1. The lowest BCUT2D eigenvalue weighted by molar-refractivity contribution is 0.179. The van der Waals surface area contributed by atoms with Gasteiger partial charge in [0.15, 0.2) is 0 Å². The van der Waals surface area contributed by atoms with Crippen LogP contribution in [-0.4, -0.2) is 25.2 Å². The van der Waals surface area contributed by atoms with Crippen molar-refractivity contribution in [2.45, 2.75) is 12.0 Å². The third-order valence-corrected chi connectivity index (χ3v) is 2.72. The second kappa shape index (κ2) is 4.71. The zero-order valence-electron chi connectivity index (χ0n) is 8.12. The molecule has 1 unspecified atom stereocenters. The highest BCUT2D eigenvalue weighted by atomic mass is 32.2. The summed E-state index contributed by atoms with van der Waals surface area (Å²) in [5, 5.41) is 9.37. The van der Waals surface area contributed by atoms with Gasteiger partial charge in [0.25, 0.3) is 10.1 Å². The van der Waals surface area contributed by atoms with E-state index in [1.807, 2.05) is 0 Å². The van der Waals surface area contributed by atoms with Gasteiger partial charge in [0.05, 0.1) is 6.61 Å². The number of hydrogen-bond acceptors (Lipinski definition) is 4. The maximum absolute atomic E-state index is 10.8. The SMILES string of the molecule is COCc1ccccc1C(O)S(=O)(=O)O. The van der Waals surface area contributed by atoms with Crippen molar-refractivity contribution in [2.75, 3.05) is 7.11 Å². The molecule has 1 atom stereocenters. The molecule has 1 aromatic carbocycles. The Morgan fingerprint density at radius 3 is 2.53 bits per heavy atom. The summed E-state index contributed by atoms with van der Waals surface area (Å²) in [6.07, 6.45) is 0. The lowest BCUT2D eigenvalue weighted by Crippen LogP contribution is -2.13. The molecule has 15 heavy (non-hydrogen) atoms. The second-order valence-corrected chi connectivity index (χ2v) is 4.48. The van der Waals surface area contributed by atoms with Crippen LogP contribution in [0, 0.1) is 0 Å². The standard InChI is InChI=1S/C9H12O5S/c1-14-6-7-4-2-3-5-8(7)9(10)15(11,12)13/h2-5,9-10H,6H2,1H3,(H,11,12,13). The molecule has 0 amide bonds. The second-order valence-electron chi connectivity index (χ2n) is 3.00. The minimum absolute atomic E-state index is 0.127. The summed E-state index contributed by atoms with van der Waals surface area (Å²) < 4.78 is 35.1. The van der Waals surface area contributed by atoms with E-state index in [2.05, 4.69) is 0 Å². The molecule has 0 aliphatic rings. The van der Waals surface area contributed by atoms with Crippen molar-refractivity contribution in [1.82, 2.24) is 0 Å². The smallest absolute Gasteiger partial charge is 0.296 e. The molecular weight excluding hydrogens is 220 g/mol. The average Bonchev–Trinajstić information content (AvgIpc) is 2.17. The van der Waals surface area contributed by atoms with Crippen LogP contribution in [0.1, 0.15) is 16.6 Å². The van der Waals surface area contributed by atoms with Gasteiger partial charge in [-0.1, -0.05) is 24.3 Å². The number of aliphatic hydroxyl groups excluding tert-OH is 1. The molecule has 0 heterocycles. The van der Waals surface area contributed by atoms with Crippen LogP contribution in [-0.2, 0) is 21.5 Å². The van der Waals surface area contributed by atoms with Crippen molar-refractivity contribution in [2.24, 2.45) is 0 Å². The average molecular weight is 232 g/mol. The maximum atomic E-state index is 10.8. The van der Waals surface area contributed by atoms with E-state index < -0.39 is 15.6 Å². The molecular formula is C9H12O5S. The largest absolute Gasteiger partial charge is 0.380 e. The predicted octanol–water partition coefficient (Wildman–Crippen LogP) is 0.712. The van der Waals surface area contributed by atoms with Crippen LogP contribution in [0.2, 0.25) is 0 Å². The first-order valence-corrected chi connectivity index (χ1v) is 5.68. The minimum atomic E-state index is -4.50. The maximum Gasteiger partial charge on any atom is 0.296 e. The molecule has 1 aromatic rings. The van der Waals surface area contributed by atoms with Crippen molar-refractivity contribution in [3.05, 3.63) is 35.4 Å². The quantitative estimate of drug-likeness (QED) is 0.747. The summed E-state index contributed by atoms with van der Waals surface area (Å²) in [6, 6.07) is 6.30. The van der Waals surface area contributed by atoms with Gasteiger partial charge in [0.2, 0.25) is 5.44 Å². The van der Waals surface area contributed by atoms with Crippen LogP contribution < -0.4 is 0 Å². The minimum Gasteiger partial charge on any atom is -0.380 e. The molecule has 0 bridgehead atoms. The first-order chi connectivity index (χ1) is 6.96. The summed E-state index contributed by atoms with van der Waals surface area (Å²) in [5.41, 5.74) is -1.28. The Kier molecular flexibility index (Phi) is 3.81. The van der Waals surface area contributed by atoms with E-state index in [0.29, 0.717) is 5.56 Å². The van der Waals surface area contributed by atoms with Crippen LogP contribution in [0.3, 0.4) is 0 Å². The van der Waals surface area contributed by atoms with E-state index >= 15 is 0 Å². The molecule has 0 aliphatic carbocycles. The van der Waals surface area contributed by atoms with Crippen molar-refractivity contribution >= 4 is 10.1 Å². The van der Waals surface area contributed by atoms with Gasteiger partial charge in [-0.3, -0.25) is 4.55 Å². The van der Waals surface area contributed by atoms with Gasteiger partial charge in [0, 0.05) is 12.7 Å². The molecule has 0 aliphatic heterocycles. The molecule has 6 heteroatoms. The first-order valence-electron chi connectivity index (χ1n) is 4.18. The molecule has 1 rings (SSSR count). The van der Waals surface area contributed by atoms with Crippen molar-refractivity contribution in [3.63, 3.8) is 0 Å². The number of rotatable bonds is 4. The zero-order valence-corrected chi connectivity index (χ0v) is 8.94. The van der Waals surface area contributed by atoms with Crippen LogP contribution in [0.15, 0.2) is 24.3 Å². The molecule has 0 radical (unpaired) electrons. The molecule has 5 nitrogen and oxygen atoms in total. The molecule has 0 saturated heterocycles. The fourth-order valence-corrected chi connectivity index (χ4v) is 1.77. The lowest BCUT2D eigenvalue weighted by Gasteiger charge is -2.12. The van der Waals surface area contributed by atoms with Gasteiger partial charge in [-0.05, 0) is 5.56 Å². The van der Waals surface area contributed by atoms with Gasteiger partial charge in [-0.2, -0.15) is 8.42 Å². The third-order valence-electron chi connectivity index (χ3n) is 1.90. The van der Waals surface area contributed by atoms with Crippen LogP contribution in [0.5, 0.6) is 0 Å². The van der Waals surface area contributed by atoms with Crippen LogP contribution in [0.4, 0.5) is 0 Å². The highest BCUT2D eigenvalue weighted by molar-refractivity contribution is 7.85. The fraction of sp³-hybridized carbons (Fsp3) is 0.333. The topological polar surface area (TPSA) is 83.8 Å². The van der Waals surface area contributed by atoms with Crippen molar-refractivity contribution in [3.8, 4) is 0 Å². The predicted molar refractivity (Wildman–Crippen MR) is 53.7 cm³/mol. The molecule has 0 saturated carbocycles. The highest BCUT2D eigenvalue weighted by Crippen LogP contribution is 2.22. The fourth-order valence-electron chi connectivity index (χ4n) is 1.22. The Hall–Kier alpha value is -0.950. The Morgan fingerprint density at radius 2 is 2.00 bits per heavy atom. The summed E-state index contributed by atoms with van der Waals surface area (Å²) in [7, 11) is -3.04. The molecule has 2 N–H and O–H groups in total. The van der Waals surface area contributed by atoms with Crippen molar-refractivity contribution < 1.29 is 22.8 Å². The molecule has 0 aromatic heterocycles. The van der Waals surface area contributed by atoms with Crippen molar-refractivity contribution in [1.29, 1.82) is 0 Å². The van der Waals surface area contributed by atoms with Gasteiger partial charge in [-0.25, -0.2) is 0 Å². The molecule has 0 spiro atoms. The Balaban J connectivity index is 3.13. The van der Waals surface area contributed by atoms with E-state index in [0.717, 1.165) is 0 Å². The number of ether oxygens (including phenoxy) is 1. The van der Waals surface area contributed by atoms with E-state index in [1.54, 1.807) is 18.2 Å². The summed E-state index contributed by atoms with van der Waals surface area (Å²) >= 11 is 0. The third kappa shape index (κ3) is 3.00. The molecule has 0 fully saturated rings. The lowest BCUT2D eigenvalue weighted by atomic mass is 10.1. The Labute approximate surface area is 88.1 Å². The summed E-state index contributed by atoms with van der Waals surface area (Å²) in [5.74, 6) is 0. The number of aliphatic hydroxyl groups is 1. The van der Waals surface area contributed by atoms with Gasteiger partial charge in [-0.15, -0.1) is 0 Å². The summed E-state index contributed by atoms with van der Waals surface area (Å²) in [4.78, 5) is 0. The number of benzene rings is 1. The Bertz CT molecular complexity index is 426. The van der Waals surface area contributed by atoms with E-state index in [-0.39, 0.29) is 12.2 Å². The van der Waals surface area contributed by atoms with E-state index in [1.165, 1.54) is 13.2 Å². The van der Waals surface area contributed by atoms with E-state index in [9.17, 15) is 13.5 Å². The summed E-state index contributed by atoms with van der Waals surface area (Å²) in [6.45, 7) is 0.169. The monoisotopic (exact) mass is 232 g/mol. The highest BCUT2D eigenvalue weighted by Gasteiger charge is 2.23. The Morgan fingerprint density at radius 1 is 1.40 bits per heavy atom.